The van der Waals surface area contributed by atoms with Gasteiger partial charge in [-0.25, -0.2) is 0 Å². The summed E-state index contributed by atoms with van der Waals surface area (Å²) in [6.45, 7) is 4.31. The van der Waals surface area contributed by atoms with Crippen LogP contribution in [0.1, 0.15) is 25.8 Å². The molecule has 0 unspecified atom stereocenters. The van der Waals surface area contributed by atoms with Gasteiger partial charge in [-0.2, -0.15) is 0 Å². The second-order valence-corrected chi connectivity index (χ2v) is 4.28. The molecule has 0 aliphatic rings. The van der Waals surface area contributed by atoms with E-state index in [9.17, 15) is 9.90 Å². The third-order valence-electron chi connectivity index (χ3n) is 2.50. The van der Waals surface area contributed by atoms with Crippen LogP contribution in [-0.2, 0) is 11.3 Å². The van der Waals surface area contributed by atoms with Crippen molar-refractivity contribution in [1.82, 2.24) is 5.32 Å². The first-order valence-electron chi connectivity index (χ1n) is 5.58. The van der Waals surface area contributed by atoms with E-state index in [2.05, 4.69) is 5.32 Å². The summed E-state index contributed by atoms with van der Waals surface area (Å²) in [5, 5.41) is 12.3. The molecule has 3 heteroatoms. The minimum Gasteiger partial charge on any atom is -0.392 e. The molecule has 0 saturated carbocycles. The maximum absolute atomic E-state index is 11.5. The third-order valence-corrected chi connectivity index (χ3v) is 2.50. The van der Waals surface area contributed by atoms with E-state index >= 15 is 0 Å². The van der Waals surface area contributed by atoms with E-state index in [4.69, 9.17) is 0 Å². The van der Waals surface area contributed by atoms with Crippen LogP contribution in [0.15, 0.2) is 30.3 Å². The van der Waals surface area contributed by atoms with Crippen molar-refractivity contribution in [3.63, 3.8) is 0 Å². The summed E-state index contributed by atoms with van der Waals surface area (Å²) >= 11 is 0. The Morgan fingerprint density at radius 3 is 2.50 bits per heavy atom. The largest absolute Gasteiger partial charge is 0.392 e. The van der Waals surface area contributed by atoms with Crippen LogP contribution >= 0.6 is 0 Å². The Hall–Kier alpha value is -1.35. The highest BCUT2D eigenvalue weighted by Crippen LogP contribution is 2.05. The third kappa shape index (κ3) is 4.45. The van der Waals surface area contributed by atoms with Gasteiger partial charge in [0.15, 0.2) is 0 Å². The number of nitrogens with one attached hydrogen (secondary N) is 1. The Bertz CT molecular complexity index is 322. The number of benzene rings is 1. The zero-order chi connectivity index (χ0) is 12.0. The van der Waals surface area contributed by atoms with Crippen LogP contribution < -0.4 is 5.32 Å². The number of hydrogen-bond acceptors (Lipinski definition) is 2. The molecule has 1 aromatic carbocycles. The van der Waals surface area contributed by atoms with Crippen LogP contribution in [0.25, 0.3) is 0 Å². The summed E-state index contributed by atoms with van der Waals surface area (Å²) < 4.78 is 0. The maximum atomic E-state index is 11.5. The number of rotatable bonds is 5. The van der Waals surface area contributed by atoms with Gasteiger partial charge < -0.3 is 10.4 Å². The lowest BCUT2D eigenvalue weighted by molar-refractivity contribution is -0.123. The molecule has 0 saturated heterocycles. The molecule has 0 bridgehead atoms. The molecule has 0 radical (unpaired) electrons. The quantitative estimate of drug-likeness (QED) is 0.795. The van der Waals surface area contributed by atoms with Crippen LogP contribution in [0.4, 0.5) is 0 Å². The first-order chi connectivity index (χ1) is 7.59. The lowest BCUT2D eigenvalue weighted by Gasteiger charge is -2.13. The van der Waals surface area contributed by atoms with Crippen molar-refractivity contribution in [1.29, 1.82) is 0 Å². The Kier molecular flexibility index (Phi) is 4.99. The van der Waals surface area contributed by atoms with E-state index < -0.39 is 6.10 Å². The number of aliphatic hydroxyl groups is 1. The highest BCUT2D eigenvalue weighted by Gasteiger charge is 2.13. The summed E-state index contributed by atoms with van der Waals surface area (Å²) in [5.41, 5.74) is 1.06. The van der Waals surface area contributed by atoms with Crippen molar-refractivity contribution < 1.29 is 9.90 Å². The monoisotopic (exact) mass is 221 g/mol. The molecular formula is C13H19NO2. The zero-order valence-electron chi connectivity index (χ0n) is 9.81. The maximum Gasteiger partial charge on any atom is 0.222 e. The fraction of sp³-hybridized carbons (Fsp3) is 0.462. The van der Waals surface area contributed by atoms with Crippen LogP contribution in [0, 0.1) is 5.92 Å². The molecule has 16 heavy (non-hydrogen) atoms. The molecule has 1 rings (SSSR count). The van der Waals surface area contributed by atoms with Gasteiger partial charge in [-0.3, -0.25) is 4.79 Å². The van der Waals surface area contributed by atoms with E-state index in [-0.39, 0.29) is 18.2 Å². The highest BCUT2D eigenvalue weighted by atomic mass is 16.3. The van der Waals surface area contributed by atoms with E-state index in [1.807, 2.05) is 44.2 Å². The van der Waals surface area contributed by atoms with E-state index in [1.165, 1.54) is 0 Å². The van der Waals surface area contributed by atoms with Crippen molar-refractivity contribution in [2.24, 2.45) is 5.92 Å². The summed E-state index contributed by atoms with van der Waals surface area (Å²) in [6.07, 6.45) is -0.388. The van der Waals surface area contributed by atoms with Crippen molar-refractivity contribution in [2.45, 2.75) is 32.9 Å². The fourth-order valence-corrected chi connectivity index (χ4v) is 1.29. The predicted octanol–water partition coefficient (Wildman–Crippen LogP) is 1.71. The molecule has 0 spiro atoms. The van der Waals surface area contributed by atoms with Gasteiger partial charge in [0.25, 0.3) is 0 Å². The Labute approximate surface area is 96.5 Å². The first kappa shape index (κ1) is 12.7. The van der Waals surface area contributed by atoms with E-state index in [0.29, 0.717) is 6.54 Å². The number of carbonyl (C=O) groups excluding carboxylic acids is 1. The van der Waals surface area contributed by atoms with Gasteiger partial charge in [0.1, 0.15) is 0 Å². The lowest BCUT2D eigenvalue weighted by Crippen LogP contribution is -2.29. The molecule has 1 amide bonds. The minimum absolute atomic E-state index is 0.106. The minimum atomic E-state index is -0.559. The molecular weight excluding hydrogens is 202 g/mol. The molecule has 3 nitrogen and oxygen atoms in total. The van der Waals surface area contributed by atoms with Gasteiger partial charge in [-0.05, 0) is 11.5 Å². The summed E-state index contributed by atoms with van der Waals surface area (Å²) in [4.78, 5) is 11.5. The number of aliphatic hydroxyl groups excluding tert-OH is 1. The zero-order valence-corrected chi connectivity index (χ0v) is 9.81. The molecule has 2 N–H and O–H groups in total. The van der Waals surface area contributed by atoms with Gasteiger partial charge in [0.05, 0.1) is 12.5 Å². The topological polar surface area (TPSA) is 49.3 Å². The molecule has 88 valence electrons. The predicted molar refractivity (Wildman–Crippen MR) is 63.8 cm³/mol. The van der Waals surface area contributed by atoms with Gasteiger partial charge in [-0.15, -0.1) is 0 Å². The Morgan fingerprint density at radius 2 is 1.94 bits per heavy atom. The van der Waals surface area contributed by atoms with Gasteiger partial charge in [-0.1, -0.05) is 44.2 Å². The number of hydrogen-bond donors (Lipinski definition) is 2. The molecule has 0 aliphatic carbocycles. The molecule has 1 atom stereocenters. The van der Waals surface area contributed by atoms with E-state index in [0.717, 1.165) is 5.56 Å². The number of amides is 1. The van der Waals surface area contributed by atoms with Gasteiger partial charge in [0, 0.05) is 6.54 Å². The Morgan fingerprint density at radius 1 is 1.31 bits per heavy atom. The number of carbonyl (C=O) groups is 1. The standard InChI is InChI=1S/C13H19NO2/c1-10(2)12(15)8-13(16)14-9-11-6-4-3-5-7-11/h3-7,10,12,15H,8-9H2,1-2H3,(H,14,16)/t12-/m1/s1. The van der Waals surface area contributed by atoms with Crippen LogP contribution in [-0.4, -0.2) is 17.1 Å². The van der Waals surface area contributed by atoms with Crippen molar-refractivity contribution >= 4 is 5.91 Å². The SMILES string of the molecule is CC(C)[C@H](O)CC(=O)NCc1ccccc1. The molecule has 0 fully saturated rings. The van der Waals surface area contributed by atoms with Crippen LogP contribution in [0.2, 0.25) is 0 Å². The second-order valence-electron chi connectivity index (χ2n) is 4.28. The average molecular weight is 221 g/mol. The second kappa shape index (κ2) is 6.28. The summed E-state index contributed by atoms with van der Waals surface area (Å²) in [6, 6.07) is 9.72. The van der Waals surface area contributed by atoms with Gasteiger partial charge in [0.2, 0.25) is 5.91 Å². The van der Waals surface area contributed by atoms with Crippen LogP contribution in [0.3, 0.4) is 0 Å². The van der Waals surface area contributed by atoms with Crippen molar-refractivity contribution in [2.75, 3.05) is 0 Å². The van der Waals surface area contributed by atoms with Crippen molar-refractivity contribution in [3.05, 3.63) is 35.9 Å². The van der Waals surface area contributed by atoms with E-state index in [1.54, 1.807) is 0 Å². The van der Waals surface area contributed by atoms with Crippen LogP contribution in [0.5, 0.6) is 0 Å². The van der Waals surface area contributed by atoms with Crippen molar-refractivity contribution in [3.8, 4) is 0 Å². The summed E-state index contributed by atoms with van der Waals surface area (Å²) in [5.74, 6) is 0.00697. The highest BCUT2D eigenvalue weighted by molar-refractivity contribution is 5.76. The fourth-order valence-electron chi connectivity index (χ4n) is 1.29. The molecule has 1 aromatic rings. The Balaban J connectivity index is 2.31. The smallest absolute Gasteiger partial charge is 0.222 e. The normalized spacial score (nSPS) is 12.5. The molecule has 0 heterocycles. The average Bonchev–Trinajstić information content (AvgIpc) is 2.27. The summed E-state index contributed by atoms with van der Waals surface area (Å²) in [7, 11) is 0. The lowest BCUT2D eigenvalue weighted by atomic mass is 10.0. The molecule has 0 aromatic heterocycles. The first-order valence-corrected chi connectivity index (χ1v) is 5.58. The van der Waals surface area contributed by atoms with Gasteiger partial charge >= 0.3 is 0 Å². The molecule has 0 aliphatic heterocycles.